The van der Waals surface area contributed by atoms with Gasteiger partial charge < -0.3 is 4.74 Å². The Morgan fingerprint density at radius 2 is 1.29 bits per heavy atom. The highest BCUT2D eigenvalue weighted by Crippen LogP contribution is 2.24. The molecule has 0 saturated carbocycles. The van der Waals surface area contributed by atoms with Crippen LogP contribution in [0, 0.1) is 23.7 Å². The molecule has 0 unspecified atom stereocenters. The smallest absolute Gasteiger partial charge is 0.317 e. The van der Waals surface area contributed by atoms with Gasteiger partial charge in [0.25, 0.3) is 0 Å². The molecule has 96 valence electrons. The van der Waals surface area contributed by atoms with Crippen molar-refractivity contribution >= 4 is 11.9 Å². The molecule has 0 saturated heterocycles. The van der Waals surface area contributed by atoms with Gasteiger partial charge in [-0.25, -0.2) is 0 Å². The standard InChI is InChI=1S/C14H22O3/c1-9(2)11-7-5-6-8-12(10(3)4)14(16)17-13(11)15/h5-6,9-12H,7-8H2,1-4H3/t11-,12-/m0/s1. The highest BCUT2D eigenvalue weighted by Gasteiger charge is 2.30. The molecule has 1 rings (SSSR count). The number of carbonyl (C=O) groups is 2. The molecule has 0 aromatic rings. The minimum absolute atomic E-state index is 0.190. The molecular formula is C14H22O3. The molecular weight excluding hydrogens is 216 g/mol. The average Bonchev–Trinajstić information content (AvgIpc) is 2.26. The number of rotatable bonds is 2. The van der Waals surface area contributed by atoms with Crippen molar-refractivity contribution in [3.05, 3.63) is 12.2 Å². The van der Waals surface area contributed by atoms with Gasteiger partial charge in [0.05, 0.1) is 11.8 Å². The first-order valence-corrected chi connectivity index (χ1v) is 6.34. The van der Waals surface area contributed by atoms with Gasteiger partial charge in [-0.2, -0.15) is 0 Å². The fourth-order valence-electron chi connectivity index (χ4n) is 2.02. The molecule has 0 N–H and O–H groups in total. The summed E-state index contributed by atoms with van der Waals surface area (Å²) in [5.41, 5.74) is 0. The van der Waals surface area contributed by atoms with E-state index in [1.807, 2.05) is 39.8 Å². The molecule has 2 atom stereocenters. The summed E-state index contributed by atoms with van der Waals surface area (Å²) >= 11 is 0. The van der Waals surface area contributed by atoms with Crippen molar-refractivity contribution in [2.24, 2.45) is 23.7 Å². The van der Waals surface area contributed by atoms with Crippen LogP contribution in [0.5, 0.6) is 0 Å². The molecule has 1 aliphatic heterocycles. The summed E-state index contributed by atoms with van der Waals surface area (Å²) in [5.74, 6) is -0.780. The maximum Gasteiger partial charge on any atom is 0.317 e. The van der Waals surface area contributed by atoms with Crippen molar-refractivity contribution in [1.82, 2.24) is 0 Å². The Balaban J connectivity index is 2.85. The summed E-state index contributed by atoms with van der Waals surface area (Å²) < 4.78 is 5.00. The monoisotopic (exact) mass is 238 g/mol. The van der Waals surface area contributed by atoms with Crippen LogP contribution in [-0.4, -0.2) is 11.9 Å². The van der Waals surface area contributed by atoms with E-state index in [1.165, 1.54) is 0 Å². The topological polar surface area (TPSA) is 43.4 Å². The van der Waals surface area contributed by atoms with E-state index in [1.54, 1.807) is 0 Å². The van der Waals surface area contributed by atoms with Gasteiger partial charge in [-0.1, -0.05) is 39.8 Å². The Morgan fingerprint density at radius 3 is 1.59 bits per heavy atom. The predicted octanol–water partition coefficient (Wildman–Crippen LogP) is 2.95. The average molecular weight is 238 g/mol. The van der Waals surface area contributed by atoms with Crippen LogP contribution < -0.4 is 0 Å². The number of hydrogen-bond acceptors (Lipinski definition) is 3. The highest BCUT2D eigenvalue weighted by atomic mass is 16.6. The van der Waals surface area contributed by atoms with Crippen LogP contribution in [-0.2, 0) is 14.3 Å². The Hall–Kier alpha value is -1.12. The number of esters is 2. The molecule has 1 heterocycles. The third-order valence-corrected chi connectivity index (χ3v) is 3.36. The number of carbonyl (C=O) groups excluding carboxylic acids is 2. The largest absolute Gasteiger partial charge is 0.393 e. The molecule has 0 bridgehead atoms. The van der Waals surface area contributed by atoms with Crippen molar-refractivity contribution in [3.8, 4) is 0 Å². The van der Waals surface area contributed by atoms with Gasteiger partial charge in [0.2, 0.25) is 0 Å². The minimum Gasteiger partial charge on any atom is -0.393 e. The molecule has 0 aliphatic carbocycles. The van der Waals surface area contributed by atoms with Crippen LogP contribution in [0.15, 0.2) is 12.2 Å². The third-order valence-electron chi connectivity index (χ3n) is 3.36. The minimum atomic E-state index is -0.373. The Morgan fingerprint density at radius 1 is 0.941 bits per heavy atom. The molecule has 3 heteroatoms. The van der Waals surface area contributed by atoms with E-state index in [2.05, 4.69) is 0 Å². The lowest BCUT2D eigenvalue weighted by Crippen LogP contribution is -2.29. The maximum atomic E-state index is 11.9. The van der Waals surface area contributed by atoms with Crippen LogP contribution in [0.3, 0.4) is 0 Å². The lowest BCUT2D eigenvalue weighted by molar-refractivity contribution is -0.167. The van der Waals surface area contributed by atoms with Crippen molar-refractivity contribution in [3.63, 3.8) is 0 Å². The van der Waals surface area contributed by atoms with Gasteiger partial charge in [-0.05, 0) is 24.7 Å². The van der Waals surface area contributed by atoms with Gasteiger partial charge in [-0.3, -0.25) is 9.59 Å². The summed E-state index contributed by atoms with van der Waals surface area (Å²) in [5, 5.41) is 0. The zero-order chi connectivity index (χ0) is 13.0. The SMILES string of the molecule is CC(C)[C@@H]1CC=CC[C@@H](C(C)C)C(=O)OC1=O. The van der Waals surface area contributed by atoms with Crippen molar-refractivity contribution < 1.29 is 14.3 Å². The summed E-state index contributed by atoms with van der Waals surface area (Å²) in [4.78, 5) is 23.7. The zero-order valence-corrected chi connectivity index (χ0v) is 11.1. The van der Waals surface area contributed by atoms with Crippen molar-refractivity contribution in [1.29, 1.82) is 0 Å². The Labute approximate surface area is 103 Å². The Kier molecular flexibility index (Phi) is 4.91. The predicted molar refractivity (Wildman–Crippen MR) is 66.1 cm³/mol. The number of allylic oxidation sites excluding steroid dienone is 2. The van der Waals surface area contributed by atoms with Gasteiger partial charge in [0.15, 0.2) is 0 Å². The van der Waals surface area contributed by atoms with E-state index in [-0.39, 0.29) is 35.6 Å². The van der Waals surface area contributed by atoms with Crippen molar-refractivity contribution in [2.45, 2.75) is 40.5 Å². The molecule has 1 aliphatic rings. The summed E-state index contributed by atoms with van der Waals surface area (Å²) in [6.45, 7) is 7.90. The first-order chi connectivity index (χ1) is 7.93. The Bertz CT molecular complexity index is 285. The zero-order valence-electron chi connectivity index (χ0n) is 11.1. The van der Waals surface area contributed by atoms with Gasteiger partial charge in [0, 0.05) is 0 Å². The van der Waals surface area contributed by atoms with E-state index in [0.717, 1.165) is 0 Å². The quantitative estimate of drug-likeness (QED) is 0.422. The molecule has 0 amide bonds. The van der Waals surface area contributed by atoms with Crippen LogP contribution in [0.1, 0.15) is 40.5 Å². The van der Waals surface area contributed by atoms with Gasteiger partial charge in [0.1, 0.15) is 0 Å². The number of hydrogen-bond donors (Lipinski definition) is 0. The van der Waals surface area contributed by atoms with Crippen molar-refractivity contribution in [2.75, 3.05) is 0 Å². The maximum absolute atomic E-state index is 11.9. The summed E-state index contributed by atoms with van der Waals surface area (Å²) in [6, 6.07) is 0. The second-order valence-corrected chi connectivity index (χ2v) is 5.38. The van der Waals surface area contributed by atoms with Crippen LogP contribution in [0.4, 0.5) is 0 Å². The van der Waals surface area contributed by atoms with Crippen LogP contribution >= 0.6 is 0 Å². The normalized spacial score (nSPS) is 26.7. The molecule has 0 radical (unpaired) electrons. The summed E-state index contributed by atoms with van der Waals surface area (Å²) in [6.07, 6.45) is 5.32. The second kappa shape index (κ2) is 5.99. The summed E-state index contributed by atoms with van der Waals surface area (Å²) in [7, 11) is 0. The molecule has 0 fully saturated rings. The lowest BCUT2D eigenvalue weighted by atomic mass is 9.92. The van der Waals surface area contributed by atoms with Crippen LogP contribution in [0.25, 0.3) is 0 Å². The first-order valence-electron chi connectivity index (χ1n) is 6.34. The first kappa shape index (κ1) is 13.9. The van der Waals surface area contributed by atoms with Crippen LogP contribution in [0.2, 0.25) is 0 Å². The van der Waals surface area contributed by atoms with E-state index < -0.39 is 0 Å². The fraction of sp³-hybridized carbons (Fsp3) is 0.714. The van der Waals surface area contributed by atoms with Gasteiger partial charge in [-0.15, -0.1) is 0 Å². The second-order valence-electron chi connectivity index (χ2n) is 5.38. The van der Waals surface area contributed by atoms with E-state index in [9.17, 15) is 9.59 Å². The molecule has 17 heavy (non-hydrogen) atoms. The molecule has 0 aromatic carbocycles. The highest BCUT2D eigenvalue weighted by molar-refractivity contribution is 5.88. The molecule has 0 spiro atoms. The lowest BCUT2D eigenvalue weighted by Gasteiger charge is -2.19. The van der Waals surface area contributed by atoms with E-state index >= 15 is 0 Å². The number of cyclic esters (lactones) is 2. The third kappa shape index (κ3) is 3.69. The molecule has 3 nitrogen and oxygen atoms in total. The van der Waals surface area contributed by atoms with E-state index in [0.29, 0.717) is 12.8 Å². The fourth-order valence-corrected chi connectivity index (χ4v) is 2.02. The van der Waals surface area contributed by atoms with Gasteiger partial charge >= 0.3 is 11.9 Å². The number of ether oxygens (including phenoxy) is 1. The molecule has 0 aromatic heterocycles. The van der Waals surface area contributed by atoms with E-state index in [4.69, 9.17) is 4.74 Å².